The molecule has 2 rings (SSSR count). The molecular formula is C15H17FN2. The van der Waals surface area contributed by atoms with Crippen molar-refractivity contribution < 1.29 is 4.39 Å². The first-order valence-electron chi connectivity index (χ1n) is 6.07. The fourth-order valence-electron chi connectivity index (χ4n) is 2.16. The Bertz CT molecular complexity index is 532. The Morgan fingerprint density at radius 3 is 2.78 bits per heavy atom. The van der Waals surface area contributed by atoms with Gasteiger partial charge in [-0.3, -0.25) is 4.98 Å². The van der Waals surface area contributed by atoms with Gasteiger partial charge in [-0.05, 0) is 53.8 Å². The van der Waals surface area contributed by atoms with Crippen LogP contribution in [0.4, 0.5) is 4.39 Å². The number of aromatic nitrogens is 1. The number of rotatable bonds is 3. The minimum absolute atomic E-state index is 0.243. The van der Waals surface area contributed by atoms with Crippen LogP contribution in [0.3, 0.4) is 0 Å². The fraction of sp³-hybridized carbons (Fsp3) is 0.267. The molecule has 1 atom stereocenters. The lowest BCUT2D eigenvalue weighted by atomic mass is 9.94. The molecule has 1 aromatic carbocycles. The van der Waals surface area contributed by atoms with Crippen LogP contribution in [-0.2, 0) is 6.42 Å². The van der Waals surface area contributed by atoms with Gasteiger partial charge < -0.3 is 5.73 Å². The molecule has 2 aromatic rings. The zero-order valence-corrected chi connectivity index (χ0v) is 10.7. The highest BCUT2D eigenvalue weighted by Crippen LogP contribution is 2.24. The van der Waals surface area contributed by atoms with Gasteiger partial charge >= 0.3 is 0 Å². The highest BCUT2D eigenvalue weighted by molar-refractivity contribution is 5.37. The van der Waals surface area contributed by atoms with E-state index in [4.69, 9.17) is 5.73 Å². The quantitative estimate of drug-likeness (QED) is 0.900. The number of nitrogens with zero attached hydrogens (tertiary/aromatic N) is 1. The summed E-state index contributed by atoms with van der Waals surface area (Å²) in [5, 5.41) is 0. The first-order chi connectivity index (χ1) is 8.61. The zero-order valence-electron chi connectivity index (χ0n) is 10.7. The molecule has 0 saturated heterocycles. The smallest absolute Gasteiger partial charge is 0.123 e. The topological polar surface area (TPSA) is 38.9 Å². The predicted molar refractivity (Wildman–Crippen MR) is 70.8 cm³/mol. The fourth-order valence-corrected chi connectivity index (χ4v) is 2.16. The molecular weight excluding hydrogens is 227 g/mol. The number of hydrogen-bond acceptors (Lipinski definition) is 2. The van der Waals surface area contributed by atoms with E-state index in [-0.39, 0.29) is 11.9 Å². The molecule has 0 bridgehead atoms. The average molecular weight is 244 g/mol. The Morgan fingerprint density at radius 2 is 2.11 bits per heavy atom. The lowest BCUT2D eigenvalue weighted by molar-refractivity contribution is 0.622. The zero-order chi connectivity index (χ0) is 13.1. The Labute approximate surface area is 107 Å². The maximum Gasteiger partial charge on any atom is 0.123 e. The summed E-state index contributed by atoms with van der Waals surface area (Å²) in [6.07, 6.45) is 4.41. The van der Waals surface area contributed by atoms with E-state index in [1.165, 1.54) is 12.1 Å². The van der Waals surface area contributed by atoms with E-state index in [9.17, 15) is 4.39 Å². The third-order valence-electron chi connectivity index (χ3n) is 3.08. The number of pyridine rings is 1. The van der Waals surface area contributed by atoms with Crippen LogP contribution in [0.2, 0.25) is 0 Å². The van der Waals surface area contributed by atoms with Gasteiger partial charge in [-0.25, -0.2) is 4.39 Å². The van der Waals surface area contributed by atoms with E-state index < -0.39 is 0 Å². The molecule has 1 aromatic heterocycles. The molecule has 0 amide bonds. The first kappa shape index (κ1) is 12.7. The second-order valence-corrected chi connectivity index (χ2v) is 4.47. The van der Waals surface area contributed by atoms with E-state index in [1.54, 1.807) is 6.20 Å². The second-order valence-electron chi connectivity index (χ2n) is 4.47. The Morgan fingerprint density at radius 1 is 1.33 bits per heavy atom. The molecule has 1 heterocycles. The maximum absolute atomic E-state index is 13.4. The van der Waals surface area contributed by atoms with E-state index in [0.29, 0.717) is 0 Å². The SMILES string of the molecule is CCc1cnccc1C(N)c1cc(C)cc(F)c1. The molecule has 0 aliphatic carbocycles. The molecule has 94 valence electrons. The Balaban J connectivity index is 2.44. The molecule has 0 saturated carbocycles. The molecule has 2 nitrogen and oxygen atoms in total. The van der Waals surface area contributed by atoms with Crippen molar-refractivity contribution in [1.82, 2.24) is 4.98 Å². The molecule has 1 unspecified atom stereocenters. The lowest BCUT2D eigenvalue weighted by Crippen LogP contribution is -2.14. The summed E-state index contributed by atoms with van der Waals surface area (Å²) >= 11 is 0. The summed E-state index contributed by atoms with van der Waals surface area (Å²) < 4.78 is 13.4. The van der Waals surface area contributed by atoms with Gasteiger partial charge in [-0.15, -0.1) is 0 Å². The molecule has 3 heteroatoms. The second kappa shape index (κ2) is 5.27. The minimum atomic E-state index is -0.308. The van der Waals surface area contributed by atoms with Gasteiger partial charge in [0.05, 0.1) is 6.04 Å². The molecule has 0 radical (unpaired) electrons. The van der Waals surface area contributed by atoms with Crippen molar-refractivity contribution in [3.63, 3.8) is 0 Å². The molecule has 0 aliphatic rings. The van der Waals surface area contributed by atoms with Gasteiger partial charge in [0.15, 0.2) is 0 Å². The van der Waals surface area contributed by atoms with Gasteiger partial charge in [0.1, 0.15) is 5.82 Å². The Kier molecular flexibility index (Phi) is 3.72. The Hall–Kier alpha value is -1.74. The maximum atomic E-state index is 13.4. The molecule has 0 aliphatic heterocycles. The van der Waals surface area contributed by atoms with Gasteiger partial charge in [0.2, 0.25) is 0 Å². The summed E-state index contributed by atoms with van der Waals surface area (Å²) in [5.41, 5.74) is 10.0. The highest BCUT2D eigenvalue weighted by Gasteiger charge is 2.13. The summed E-state index contributed by atoms with van der Waals surface area (Å²) in [6.45, 7) is 3.93. The molecule has 2 N–H and O–H groups in total. The van der Waals surface area contributed by atoms with Crippen molar-refractivity contribution in [2.45, 2.75) is 26.3 Å². The molecule has 0 spiro atoms. The number of halogens is 1. The van der Waals surface area contributed by atoms with Crippen molar-refractivity contribution in [1.29, 1.82) is 0 Å². The average Bonchev–Trinajstić information content (AvgIpc) is 2.36. The minimum Gasteiger partial charge on any atom is -0.320 e. The highest BCUT2D eigenvalue weighted by atomic mass is 19.1. The van der Waals surface area contributed by atoms with Gasteiger partial charge in [0, 0.05) is 12.4 Å². The molecule has 18 heavy (non-hydrogen) atoms. The van der Waals surface area contributed by atoms with E-state index in [0.717, 1.165) is 28.7 Å². The van der Waals surface area contributed by atoms with Gasteiger partial charge in [-0.2, -0.15) is 0 Å². The van der Waals surface area contributed by atoms with Crippen LogP contribution in [0.25, 0.3) is 0 Å². The van der Waals surface area contributed by atoms with Crippen molar-refractivity contribution >= 4 is 0 Å². The van der Waals surface area contributed by atoms with Crippen LogP contribution in [0, 0.1) is 12.7 Å². The van der Waals surface area contributed by atoms with Crippen LogP contribution in [0.5, 0.6) is 0 Å². The third-order valence-corrected chi connectivity index (χ3v) is 3.08. The number of hydrogen-bond donors (Lipinski definition) is 1. The number of benzene rings is 1. The third kappa shape index (κ3) is 2.57. The monoisotopic (exact) mass is 244 g/mol. The summed E-state index contributed by atoms with van der Waals surface area (Å²) in [6, 6.07) is 6.52. The first-order valence-corrected chi connectivity index (χ1v) is 6.07. The van der Waals surface area contributed by atoms with E-state index in [1.807, 2.05) is 25.3 Å². The van der Waals surface area contributed by atoms with E-state index in [2.05, 4.69) is 11.9 Å². The van der Waals surface area contributed by atoms with Crippen LogP contribution < -0.4 is 5.73 Å². The van der Waals surface area contributed by atoms with Crippen LogP contribution in [0.15, 0.2) is 36.7 Å². The summed E-state index contributed by atoms with van der Waals surface area (Å²) in [4.78, 5) is 4.10. The van der Waals surface area contributed by atoms with Crippen LogP contribution in [0.1, 0.15) is 35.2 Å². The normalized spacial score (nSPS) is 12.4. The van der Waals surface area contributed by atoms with Crippen molar-refractivity contribution in [3.05, 3.63) is 64.7 Å². The van der Waals surface area contributed by atoms with Crippen LogP contribution in [-0.4, -0.2) is 4.98 Å². The molecule has 0 fully saturated rings. The van der Waals surface area contributed by atoms with Crippen molar-refractivity contribution in [2.75, 3.05) is 0 Å². The van der Waals surface area contributed by atoms with E-state index >= 15 is 0 Å². The van der Waals surface area contributed by atoms with Gasteiger partial charge in [0.25, 0.3) is 0 Å². The summed E-state index contributed by atoms with van der Waals surface area (Å²) in [5.74, 6) is -0.243. The van der Waals surface area contributed by atoms with Crippen molar-refractivity contribution in [2.24, 2.45) is 5.73 Å². The standard InChI is InChI=1S/C15H17FN2/c1-3-11-9-18-5-4-14(11)15(17)12-6-10(2)7-13(16)8-12/h4-9,15H,3,17H2,1-2H3. The predicted octanol–water partition coefficient (Wildman–Crippen LogP) is 3.14. The van der Waals surface area contributed by atoms with Crippen LogP contribution >= 0.6 is 0 Å². The number of aryl methyl sites for hydroxylation is 2. The number of nitrogens with two attached hydrogens (primary N) is 1. The van der Waals surface area contributed by atoms with Gasteiger partial charge in [-0.1, -0.05) is 13.0 Å². The largest absolute Gasteiger partial charge is 0.320 e. The lowest BCUT2D eigenvalue weighted by Gasteiger charge is -2.16. The summed E-state index contributed by atoms with van der Waals surface area (Å²) in [7, 11) is 0. The van der Waals surface area contributed by atoms with Crippen molar-refractivity contribution in [3.8, 4) is 0 Å².